The number of nitro groups is 1. The standard InChI is InChI=1S/C15H11ClF2N2O4/c16-13-6-12(1-2-14(13)20(22)23)24-8-15(21)19-7-9-3-10(17)5-11(18)4-9/h1-6H,7-8H2,(H,19,21). The molecule has 0 aliphatic heterocycles. The number of rotatable bonds is 6. The predicted octanol–water partition coefficient (Wildman–Crippen LogP) is 3.22. The number of carbonyl (C=O) groups excluding carboxylic acids is 1. The highest BCUT2D eigenvalue weighted by molar-refractivity contribution is 6.32. The highest BCUT2D eigenvalue weighted by Crippen LogP contribution is 2.28. The number of hydrogen-bond acceptors (Lipinski definition) is 4. The molecule has 1 amide bonds. The van der Waals surface area contributed by atoms with Crippen molar-refractivity contribution >= 4 is 23.2 Å². The summed E-state index contributed by atoms with van der Waals surface area (Å²) >= 11 is 5.72. The zero-order valence-corrected chi connectivity index (χ0v) is 12.8. The lowest BCUT2D eigenvalue weighted by Gasteiger charge is -2.08. The average Bonchev–Trinajstić information content (AvgIpc) is 2.49. The second-order valence-electron chi connectivity index (χ2n) is 4.71. The fourth-order valence-electron chi connectivity index (χ4n) is 1.84. The molecule has 2 rings (SSSR count). The van der Waals surface area contributed by atoms with Gasteiger partial charge in [-0.05, 0) is 23.8 Å². The third-order valence-corrected chi connectivity index (χ3v) is 3.20. The van der Waals surface area contributed by atoms with E-state index in [1.165, 1.54) is 12.1 Å². The monoisotopic (exact) mass is 356 g/mol. The number of nitrogens with one attached hydrogen (secondary N) is 1. The molecule has 2 aromatic rings. The van der Waals surface area contributed by atoms with Crippen LogP contribution in [0.1, 0.15) is 5.56 Å². The van der Waals surface area contributed by atoms with E-state index in [1.54, 1.807) is 0 Å². The first kappa shape index (κ1) is 17.6. The largest absolute Gasteiger partial charge is 0.484 e. The van der Waals surface area contributed by atoms with Crippen molar-refractivity contribution in [1.82, 2.24) is 5.32 Å². The van der Waals surface area contributed by atoms with E-state index in [-0.39, 0.29) is 35.2 Å². The summed E-state index contributed by atoms with van der Waals surface area (Å²) < 4.78 is 31.2. The molecule has 0 spiro atoms. The van der Waals surface area contributed by atoms with Crippen molar-refractivity contribution in [1.29, 1.82) is 0 Å². The first-order chi connectivity index (χ1) is 11.3. The number of amides is 1. The highest BCUT2D eigenvalue weighted by atomic mass is 35.5. The molecule has 0 saturated heterocycles. The quantitative estimate of drug-likeness (QED) is 0.636. The minimum Gasteiger partial charge on any atom is -0.484 e. The number of nitrogens with zero attached hydrogens (tertiary/aromatic N) is 1. The molecule has 0 aliphatic rings. The summed E-state index contributed by atoms with van der Waals surface area (Å²) in [4.78, 5) is 21.6. The summed E-state index contributed by atoms with van der Waals surface area (Å²) in [6.07, 6.45) is 0. The van der Waals surface area contributed by atoms with Crippen LogP contribution in [-0.2, 0) is 11.3 Å². The van der Waals surface area contributed by atoms with E-state index in [0.29, 0.717) is 0 Å². The Labute approximate surface area is 140 Å². The Bertz CT molecular complexity index is 766. The fourth-order valence-corrected chi connectivity index (χ4v) is 2.08. The third-order valence-electron chi connectivity index (χ3n) is 2.90. The third kappa shape index (κ3) is 4.88. The van der Waals surface area contributed by atoms with Crippen molar-refractivity contribution < 1.29 is 23.2 Å². The number of ether oxygens (including phenoxy) is 1. The van der Waals surface area contributed by atoms with Crippen LogP contribution in [0.3, 0.4) is 0 Å². The van der Waals surface area contributed by atoms with Crippen LogP contribution in [0.15, 0.2) is 36.4 Å². The highest BCUT2D eigenvalue weighted by Gasteiger charge is 2.13. The van der Waals surface area contributed by atoms with Gasteiger partial charge >= 0.3 is 0 Å². The van der Waals surface area contributed by atoms with E-state index >= 15 is 0 Å². The van der Waals surface area contributed by atoms with Crippen molar-refractivity contribution in [3.05, 3.63) is 68.7 Å². The smallest absolute Gasteiger partial charge is 0.288 e. The zero-order valence-electron chi connectivity index (χ0n) is 12.1. The molecule has 9 heteroatoms. The van der Waals surface area contributed by atoms with Gasteiger partial charge in [-0.15, -0.1) is 0 Å². The molecule has 0 unspecified atom stereocenters. The SMILES string of the molecule is O=C(COc1ccc([N+](=O)[O-])c(Cl)c1)NCc1cc(F)cc(F)c1. The number of halogens is 3. The summed E-state index contributed by atoms with van der Waals surface area (Å²) in [7, 11) is 0. The van der Waals surface area contributed by atoms with Crippen LogP contribution >= 0.6 is 11.6 Å². The molecule has 0 atom stereocenters. The number of carbonyl (C=O) groups is 1. The molecule has 2 aromatic carbocycles. The first-order valence-electron chi connectivity index (χ1n) is 6.63. The lowest BCUT2D eigenvalue weighted by Crippen LogP contribution is -2.28. The van der Waals surface area contributed by atoms with Crippen LogP contribution in [0.4, 0.5) is 14.5 Å². The zero-order chi connectivity index (χ0) is 17.7. The van der Waals surface area contributed by atoms with Gasteiger partial charge in [-0.25, -0.2) is 8.78 Å². The van der Waals surface area contributed by atoms with E-state index in [9.17, 15) is 23.7 Å². The summed E-state index contributed by atoms with van der Waals surface area (Å²) in [5, 5.41) is 12.9. The van der Waals surface area contributed by atoms with Gasteiger partial charge in [0, 0.05) is 24.7 Å². The van der Waals surface area contributed by atoms with Crippen LogP contribution in [0, 0.1) is 21.7 Å². The van der Waals surface area contributed by atoms with E-state index in [2.05, 4.69) is 5.32 Å². The van der Waals surface area contributed by atoms with Crippen molar-refractivity contribution in [3.8, 4) is 5.75 Å². The van der Waals surface area contributed by atoms with Gasteiger partial charge in [0.2, 0.25) is 0 Å². The Morgan fingerprint density at radius 1 is 1.21 bits per heavy atom. The minimum atomic E-state index is -0.740. The van der Waals surface area contributed by atoms with Crippen LogP contribution in [0.2, 0.25) is 5.02 Å². The Balaban J connectivity index is 1.87. The first-order valence-corrected chi connectivity index (χ1v) is 7.01. The van der Waals surface area contributed by atoms with E-state index in [0.717, 1.165) is 24.3 Å². The molecule has 24 heavy (non-hydrogen) atoms. The van der Waals surface area contributed by atoms with Crippen LogP contribution in [0.25, 0.3) is 0 Å². The molecule has 0 saturated carbocycles. The molecule has 0 radical (unpaired) electrons. The number of benzene rings is 2. The van der Waals surface area contributed by atoms with Crippen LogP contribution in [0.5, 0.6) is 5.75 Å². The van der Waals surface area contributed by atoms with Gasteiger partial charge in [-0.3, -0.25) is 14.9 Å². The summed E-state index contributed by atoms with van der Waals surface area (Å²) in [6.45, 7) is -0.455. The Kier molecular flexibility index (Phi) is 5.64. The second kappa shape index (κ2) is 7.69. The van der Waals surface area contributed by atoms with Gasteiger partial charge in [0.25, 0.3) is 11.6 Å². The van der Waals surface area contributed by atoms with Gasteiger partial charge < -0.3 is 10.1 Å². The molecule has 0 heterocycles. The molecule has 0 aromatic heterocycles. The summed E-state index contributed by atoms with van der Waals surface area (Å²) in [5.41, 5.74) is -0.0131. The number of hydrogen-bond donors (Lipinski definition) is 1. The van der Waals surface area contributed by atoms with Gasteiger partial charge in [0.05, 0.1) is 4.92 Å². The van der Waals surface area contributed by atoms with Gasteiger partial charge in [0.1, 0.15) is 22.4 Å². The molecule has 0 bridgehead atoms. The maximum Gasteiger partial charge on any atom is 0.288 e. The van der Waals surface area contributed by atoms with Crippen molar-refractivity contribution in [2.45, 2.75) is 6.54 Å². The molecule has 0 aliphatic carbocycles. The van der Waals surface area contributed by atoms with Gasteiger partial charge in [-0.2, -0.15) is 0 Å². The maximum atomic E-state index is 13.0. The minimum absolute atomic E-state index is 0.0715. The van der Waals surface area contributed by atoms with Crippen LogP contribution in [-0.4, -0.2) is 17.4 Å². The second-order valence-corrected chi connectivity index (χ2v) is 5.12. The molecule has 1 N–H and O–H groups in total. The van der Waals surface area contributed by atoms with Gasteiger partial charge in [-0.1, -0.05) is 11.6 Å². The Morgan fingerprint density at radius 2 is 1.88 bits per heavy atom. The molecular weight excluding hydrogens is 346 g/mol. The van der Waals surface area contributed by atoms with Crippen molar-refractivity contribution in [2.75, 3.05) is 6.61 Å². The topological polar surface area (TPSA) is 81.5 Å². The Hall–Kier alpha value is -2.74. The molecule has 0 fully saturated rings. The summed E-state index contributed by atoms with van der Waals surface area (Å²) in [5.74, 6) is -1.83. The average molecular weight is 357 g/mol. The number of nitro benzene ring substituents is 1. The molecule has 6 nitrogen and oxygen atoms in total. The van der Waals surface area contributed by atoms with Gasteiger partial charge in [0.15, 0.2) is 6.61 Å². The van der Waals surface area contributed by atoms with E-state index < -0.39 is 22.5 Å². The molecular formula is C15H11ClF2N2O4. The Morgan fingerprint density at radius 3 is 2.46 bits per heavy atom. The van der Waals surface area contributed by atoms with Crippen molar-refractivity contribution in [2.24, 2.45) is 0 Å². The van der Waals surface area contributed by atoms with Crippen LogP contribution < -0.4 is 10.1 Å². The normalized spacial score (nSPS) is 10.3. The lowest BCUT2D eigenvalue weighted by atomic mass is 10.2. The lowest BCUT2D eigenvalue weighted by molar-refractivity contribution is -0.384. The van der Waals surface area contributed by atoms with Crippen molar-refractivity contribution in [3.63, 3.8) is 0 Å². The fraction of sp³-hybridized carbons (Fsp3) is 0.133. The molecule has 126 valence electrons. The maximum absolute atomic E-state index is 13.0. The summed E-state index contributed by atoms with van der Waals surface area (Å²) in [6, 6.07) is 6.60. The van der Waals surface area contributed by atoms with E-state index in [4.69, 9.17) is 16.3 Å². The predicted molar refractivity (Wildman–Crippen MR) is 81.8 cm³/mol. The van der Waals surface area contributed by atoms with E-state index in [1.807, 2.05) is 0 Å².